The largest absolute Gasteiger partial charge is 0.361 e. The lowest BCUT2D eigenvalue weighted by Crippen LogP contribution is -1.83. The minimum absolute atomic E-state index is 0.892. The molecule has 5 nitrogen and oxygen atoms in total. The number of fused-ring (bicyclic) bond motifs is 3. The van der Waals surface area contributed by atoms with Crippen LogP contribution >= 0.6 is 0 Å². The summed E-state index contributed by atoms with van der Waals surface area (Å²) in [6, 6.07) is 17.0. The Hall–Kier alpha value is -3.86. The lowest BCUT2D eigenvalue weighted by molar-refractivity contribution is 1.33. The van der Waals surface area contributed by atoms with E-state index in [-0.39, 0.29) is 0 Å². The van der Waals surface area contributed by atoms with Gasteiger partial charge in [0.05, 0.1) is 17.4 Å². The second-order valence-corrected chi connectivity index (χ2v) is 6.74. The Kier molecular flexibility index (Phi) is 2.82. The summed E-state index contributed by atoms with van der Waals surface area (Å²) in [7, 11) is 0. The number of aromatic amines is 3. The third kappa shape index (κ3) is 2.18. The van der Waals surface area contributed by atoms with E-state index in [1.807, 2.05) is 18.6 Å². The average Bonchev–Trinajstić information content (AvgIpc) is 3.44. The number of hydrogen-bond acceptors (Lipinski definition) is 2. The number of nitrogens with one attached hydrogen (secondary N) is 3. The van der Waals surface area contributed by atoms with Gasteiger partial charge in [0.25, 0.3) is 0 Å². The van der Waals surface area contributed by atoms with Gasteiger partial charge in [-0.05, 0) is 52.9 Å². The van der Waals surface area contributed by atoms with Crippen molar-refractivity contribution in [2.24, 2.45) is 0 Å². The van der Waals surface area contributed by atoms with Crippen molar-refractivity contribution in [3.05, 3.63) is 73.4 Å². The number of benzene rings is 2. The summed E-state index contributed by atoms with van der Waals surface area (Å²) in [5, 5.41) is 2.32. The first-order chi connectivity index (χ1) is 13.3. The molecule has 0 unspecified atom stereocenters. The van der Waals surface area contributed by atoms with Crippen LogP contribution in [0.25, 0.3) is 55.2 Å². The van der Waals surface area contributed by atoms with Gasteiger partial charge >= 0.3 is 0 Å². The molecular weight excluding hydrogens is 334 g/mol. The molecule has 128 valence electrons. The van der Waals surface area contributed by atoms with Crippen LogP contribution in [0, 0.1) is 0 Å². The van der Waals surface area contributed by atoms with Gasteiger partial charge in [-0.2, -0.15) is 0 Å². The maximum absolute atomic E-state index is 4.63. The highest BCUT2D eigenvalue weighted by Gasteiger charge is 2.10. The Balaban J connectivity index is 1.53. The van der Waals surface area contributed by atoms with Gasteiger partial charge in [-0.1, -0.05) is 12.1 Å². The second-order valence-electron chi connectivity index (χ2n) is 6.74. The second kappa shape index (κ2) is 5.32. The van der Waals surface area contributed by atoms with Gasteiger partial charge in [-0.15, -0.1) is 0 Å². The first kappa shape index (κ1) is 14.3. The number of nitrogens with zero attached hydrogens (tertiary/aromatic N) is 2. The van der Waals surface area contributed by atoms with Gasteiger partial charge in [-0.25, -0.2) is 9.97 Å². The zero-order valence-electron chi connectivity index (χ0n) is 14.3. The molecule has 0 amide bonds. The Bertz CT molecular complexity index is 1430. The van der Waals surface area contributed by atoms with Gasteiger partial charge in [0.2, 0.25) is 0 Å². The molecule has 27 heavy (non-hydrogen) atoms. The van der Waals surface area contributed by atoms with E-state index in [0.29, 0.717) is 0 Å². The molecule has 6 rings (SSSR count). The smallest absolute Gasteiger partial charge is 0.137 e. The standard InChI is InChI=1S/C22H15N5/c1-4-20-21(27-12-26-20)9-13(1)16-8-17-18(11-25-22(17)24-10-16)14-2-3-19-15(7-14)5-6-23-19/h1-12,23H,(H,24,25)(H,26,27). The molecule has 0 aliphatic rings. The summed E-state index contributed by atoms with van der Waals surface area (Å²) < 4.78 is 0. The highest BCUT2D eigenvalue weighted by atomic mass is 14.9. The zero-order chi connectivity index (χ0) is 17.8. The molecule has 0 saturated carbocycles. The fraction of sp³-hybridized carbons (Fsp3) is 0. The third-order valence-electron chi connectivity index (χ3n) is 5.15. The average molecular weight is 349 g/mol. The molecule has 0 saturated heterocycles. The highest BCUT2D eigenvalue weighted by Crippen LogP contribution is 2.33. The molecule has 0 radical (unpaired) electrons. The van der Waals surface area contributed by atoms with Crippen molar-refractivity contribution >= 4 is 33.0 Å². The van der Waals surface area contributed by atoms with Gasteiger partial charge in [0.1, 0.15) is 5.65 Å². The lowest BCUT2D eigenvalue weighted by Gasteiger charge is -2.04. The maximum Gasteiger partial charge on any atom is 0.137 e. The lowest BCUT2D eigenvalue weighted by atomic mass is 10.0. The molecule has 0 bridgehead atoms. The number of hydrogen-bond donors (Lipinski definition) is 3. The van der Waals surface area contributed by atoms with Crippen molar-refractivity contribution in [2.45, 2.75) is 0 Å². The highest BCUT2D eigenvalue weighted by molar-refractivity contribution is 5.98. The minimum Gasteiger partial charge on any atom is -0.361 e. The number of aromatic nitrogens is 5. The van der Waals surface area contributed by atoms with Crippen molar-refractivity contribution in [3.63, 3.8) is 0 Å². The van der Waals surface area contributed by atoms with Crippen LogP contribution < -0.4 is 0 Å². The van der Waals surface area contributed by atoms with Crippen molar-refractivity contribution in [3.8, 4) is 22.3 Å². The van der Waals surface area contributed by atoms with Gasteiger partial charge in [-0.3, -0.25) is 0 Å². The summed E-state index contributed by atoms with van der Waals surface area (Å²) in [5.74, 6) is 0. The van der Waals surface area contributed by atoms with Crippen molar-refractivity contribution in [1.82, 2.24) is 24.9 Å². The molecule has 0 fully saturated rings. The fourth-order valence-corrected chi connectivity index (χ4v) is 3.73. The molecule has 0 aliphatic heterocycles. The Morgan fingerprint density at radius 3 is 2.63 bits per heavy atom. The van der Waals surface area contributed by atoms with E-state index in [1.165, 1.54) is 10.9 Å². The molecule has 5 heteroatoms. The molecule has 0 aliphatic carbocycles. The predicted octanol–water partition coefficient (Wildman–Crippen LogP) is 5.25. The molecule has 3 N–H and O–H groups in total. The van der Waals surface area contributed by atoms with Crippen LogP contribution in [0.2, 0.25) is 0 Å². The van der Waals surface area contributed by atoms with Crippen molar-refractivity contribution in [1.29, 1.82) is 0 Å². The quantitative estimate of drug-likeness (QED) is 0.399. The Labute approximate surface area is 154 Å². The number of imidazole rings is 1. The zero-order valence-corrected chi connectivity index (χ0v) is 14.3. The molecule has 4 aromatic heterocycles. The number of H-pyrrole nitrogens is 3. The first-order valence-electron chi connectivity index (χ1n) is 8.83. The summed E-state index contributed by atoms with van der Waals surface area (Å²) >= 11 is 0. The van der Waals surface area contributed by atoms with Crippen molar-refractivity contribution in [2.75, 3.05) is 0 Å². The van der Waals surface area contributed by atoms with E-state index < -0.39 is 0 Å². The Morgan fingerprint density at radius 2 is 1.63 bits per heavy atom. The van der Waals surface area contributed by atoms with Crippen LogP contribution in [0.3, 0.4) is 0 Å². The van der Waals surface area contributed by atoms with Gasteiger partial charge in [0, 0.05) is 40.6 Å². The monoisotopic (exact) mass is 349 g/mol. The normalized spacial score (nSPS) is 11.7. The van der Waals surface area contributed by atoms with E-state index in [4.69, 9.17) is 0 Å². The Morgan fingerprint density at radius 1 is 0.704 bits per heavy atom. The third-order valence-corrected chi connectivity index (χ3v) is 5.15. The van der Waals surface area contributed by atoms with Crippen LogP contribution in [0.5, 0.6) is 0 Å². The summed E-state index contributed by atoms with van der Waals surface area (Å²) in [6.45, 7) is 0. The molecular formula is C22H15N5. The summed E-state index contributed by atoms with van der Waals surface area (Å²) in [5.41, 5.74) is 8.55. The van der Waals surface area contributed by atoms with Gasteiger partial charge in [0.15, 0.2) is 0 Å². The summed E-state index contributed by atoms with van der Waals surface area (Å²) in [6.07, 6.45) is 7.63. The molecule has 0 spiro atoms. The molecule has 6 aromatic rings. The topological polar surface area (TPSA) is 73.2 Å². The van der Waals surface area contributed by atoms with Crippen LogP contribution in [-0.4, -0.2) is 24.9 Å². The van der Waals surface area contributed by atoms with Crippen LogP contribution in [0.1, 0.15) is 0 Å². The number of rotatable bonds is 2. The predicted molar refractivity (Wildman–Crippen MR) is 108 cm³/mol. The molecule has 4 heterocycles. The first-order valence-corrected chi connectivity index (χ1v) is 8.83. The summed E-state index contributed by atoms with van der Waals surface area (Å²) in [4.78, 5) is 18.7. The molecule has 2 aromatic carbocycles. The minimum atomic E-state index is 0.892. The number of pyridine rings is 1. The SMILES string of the molecule is c1cc2cc(-c3c[nH]c4ncc(-c5ccc6[nH]cnc6c5)cc34)ccc2[nH]1. The van der Waals surface area contributed by atoms with Crippen LogP contribution in [-0.2, 0) is 0 Å². The van der Waals surface area contributed by atoms with E-state index in [0.717, 1.165) is 44.3 Å². The van der Waals surface area contributed by atoms with E-state index >= 15 is 0 Å². The van der Waals surface area contributed by atoms with E-state index in [2.05, 4.69) is 73.5 Å². The molecule has 0 atom stereocenters. The van der Waals surface area contributed by atoms with E-state index in [9.17, 15) is 0 Å². The van der Waals surface area contributed by atoms with Crippen LogP contribution in [0.4, 0.5) is 0 Å². The van der Waals surface area contributed by atoms with Crippen molar-refractivity contribution < 1.29 is 0 Å². The van der Waals surface area contributed by atoms with E-state index in [1.54, 1.807) is 6.33 Å². The van der Waals surface area contributed by atoms with Crippen LogP contribution in [0.15, 0.2) is 73.4 Å². The van der Waals surface area contributed by atoms with Gasteiger partial charge < -0.3 is 15.0 Å². The fourth-order valence-electron chi connectivity index (χ4n) is 3.73. The maximum atomic E-state index is 4.63.